The zero-order valence-corrected chi connectivity index (χ0v) is 12.7. The van der Waals surface area contributed by atoms with Crippen molar-refractivity contribution in [2.24, 2.45) is 0 Å². The van der Waals surface area contributed by atoms with Crippen LogP contribution in [0.5, 0.6) is 5.75 Å². The van der Waals surface area contributed by atoms with Crippen molar-refractivity contribution in [3.63, 3.8) is 0 Å². The van der Waals surface area contributed by atoms with E-state index in [4.69, 9.17) is 9.47 Å². The number of hydrogen-bond donors (Lipinski definition) is 1. The summed E-state index contributed by atoms with van der Waals surface area (Å²) in [4.78, 5) is 0. The Balaban J connectivity index is 1.74. The highest BCUT2D eigenvalue weighted by Gasteiger charge is 2.15. The quantitative estimate of drug-likeness (QED) is 0.791. The van der Waals surface area contributed by atoms with Crippen molar-refractivity contribution >= 4 is 0 Å². The van der Waals surface area contributed by atoms with Crippen molar-refractivity contribution < 1.29 is 9.47 Å². The molecule has 1 aliphatic rings. The van der Waals surface area contributed by atoms with Gasteiger partial charge in [0.05, 0.1) is 6.10 Å². The SMILES string of the molecule is CCCNC(C)Cc1ccc(OCC2CCCO2)cc1. The van der Waals surface area contributed by atoms with Crippen LogP contribution in [0.2, 0.25) is 0 Å². The van der Waals surface area contributed by atoms with E-state index in [0.717, 1.165) is 38.2 Å². The van der Waals surface area contributed by atoms with Crippen LogP contribution >= 0.6 is 0 Å². The smallest absolute Gasteiger partial charge is 0.119 e. The maximum Gasteiger partial charge on any atom is 0.119 e. The number of benzene rings is 1. The van der Waals surface area contributed by atoms with Gasteiger partial charge in [-0.25, -0.2) is 0 Å². The van der Waals surface area contributed by atoms with Crippen LogP contribution < -0.4 is 10.1 Å². The molecule has 1 aromatic rings. The van der Waals surface area contributed by atoms with Gasteiger partial charge in [-0.2, -0.15) is 0 Å². The van der Waals surface area contributed by atoms with Gasteiger partial charge in [-0.15, -0.1) is 0 Å². The molecule has 2 unspecified atom stereocenters. The van der Waals surface area contributed by atoms with Crippen LogP contribution in [-0.2, 0) is 11.2 Å². The predicted octanol–water partition coefficient (Wildman–Crippen LogP) is 3.18. The molecule has 1 saturated heterocycles. The minimum atomic E-state index is 0.285. The summed E-state index contributed by atoms with van der Waals surface area (Å²) in [5, 5.41) is 3.51. The summed E-state index contributed by atoms with van der Waals surface area (Å²) >= 11 is 0. The molecule has 3 heteroatoms. The Bertz CT molecular complexity index is 371. The van der Waals surface area contributed by atoms with Crippen LogP contribution in [0.4, 0.5) is 0 Å². The standard InChI is InChI=1S/C17H27NO2/c1-3-10-18-14(2)12-15-6-8-16(9-7-15)20-13-17-5-4-11-19-17/h6-9,14,17-18H,3-5,10-13H2,1-2H3. The molecular formula is C17H27NO2. The van der Waals surface area contributed by atoms with Crippen molar-refractivity contribution in [1.29, 1.82) is 0 Å². The van der Waals surface area contributed by atoms with Crippen molar-refractivity contribution in [3.8, 4) is 5.75 Å². The fourth-order valence-electron chi connectivity index (χ4n) is 2.50. The molecule has 0 aliphatic carbocycles. The Kier molecular flexibility index (Phi) is 6.34. The van der Waals surface area contributed by atoms with Gasteiger partial charge >= 0.3 is 0 Å². The summed E-state index contributed by atoms with van der Waals surface area (Å²) in [5.74, 6) is 0.943. The number of nitrogens with one attached hydrogen (secondary N) is 1. The Morgan fingerprint density at radius 2 is 2.15 bits per heavy atom. The predicted molar refractivity (Wildman–Crippen MR) is 82.4 cm³/mol. The summed E-state index contributed by atoms with van der Waals surface area (Å²) in [6.45, 7) is 7.07. The van der Waals surface area contributed by atoms with Gasteiger partial charge in [0.15, 0.2) is 0 Å². The summed E-state index contributed by atoms with van der Waals surface area (Å²) in [6, 6.07) is 8.98. The van der Waals surface area contributed by atoms with Gasteiger partial charge in [-0.05, 0) is 56.8 Å². The summed E-state index contributed by atoms with van der Waals surface area (Å²) in [7, 11) is 0. The third-order valence-electron chi connectivity index (χ3n) is 3.67. The highest BCUT2D eigenvalue weighted by atomic mass is 16.5. The highest BCUT2D eigenvalue weighted by molar-refractivity contribution is 5.27. The first-order valence-electron chi connectivity index (χ1n) is 7.84. The number of rotatable bonds is 8. The van der Waals surface area contributed by atoms with Crippen LogP contribution in [-0.4, -0.2) is 31.9 Å². The first-order valence-corrected chi connectivity index (χ1v) is 7.84. The average molecular weight is 277 g/mol. The molecule has 0 radical (unpaired) electrons. The zero-order chi connectivity index (χ0) is 14.2. The van der Waals surface area contributed by atoms with Crippen molar-refractivity contribution in [3.05, 3.63) is 29.8 Å². The highest BCUT2D eigenvalue weighted by Crippen LogP contribution is 2.17. The summed E-state index contributed by atoms with van der Waals surface area (Å²) in [5.41, 5.74) is 1.35. The van der Waals surface area contributed by atoms with E-state index in [1.165, 1.54) is 12.0 Å². The van der Waals surface area contributed by atoms with Gasteiger partial charge in [0.2, 0.25) is 0 Å². The van der Waals surface area contributed by atoms with E-state index in [1.807, 2.05) is 0 Å². The summed E-state index contributed by atoms with van der Waals surface area (Å²) < 4.78 is 11.3. The fourth-order valence-corrected chi connectivity index (χ4v) is 2.50. The van der Waals surface area contributed by atoms with Gasteiger partial charge in [0, 0.05) is 12.6 Å². The molecule has 0 spiro atoms. The molecule has 0 aromatic heterocycles. The van der Waals surface area contributed by atoms with E-state index in [1.54, 1.807) is 0 Å². The molecular weight excluding hydrogens is 250 g/mol. The lowest BCUT2D eigenvalue weighted by molar-refractivity contribution is 0.0679. The van der Waals surface area contributed by atoms with E-state index in [9.17, 15) is 0 Å². The number of hydrogen-bond acceptors (Lipinski definition) is 3. The zero-order valence-electron chi connectivity index (χ0n) is 12.7. The maximum absolute atomic E-state index is 5.77. The van der Waals surface area contributed by atoms with E-state index in [-0.39, 0.29) is 6.10 Å². The molecule has 1 fully saturated rings. The molecule has 20 heavy (non-hydrogen) atoms. The van der Waals surface area contributed by atoms with Crippen molar-refractivity contribution in [1.82, 2.24) is 5.32 Å². The molecule has 112 valence electrons. The summed E-state index contributed by atoms with van der Waals surface area (Å²) in [6.07, 6.45) is 4.81. The minimum absolute atomic E-state index is 0.285. The molecule has 0 saturated carbocycles. The van der Waals surface area contributed by atoms with Gasteiger partial charge < -0.3 is 14.8 Å². The maximum atomic E-state index is 5.77. The molecule has 1 aliphatic heterocycles. The Labute approximate surface area is 122 Å². The van der Waals surface area contributed by atoms with Crippen molar-refractivity contribution in [2.45, 2.75) is 51.7 Å². The lowest BCUT2D eigenvalue weighted by atomic mass is 10.1. The minimum Gasteiger partial charge on any atom is -0.491 e. The molecule has 3 nitrogen and oxygen atoms in total. The van der Waals surface area contributed by atoms with Gasteiger partial charge in [-0.3, -0.25) is 0 Å². The second-order valence-corrected chi connectivity index (χ2v) is 5.65. The first-order chi connectivity index (χ1) is 9.78. The van der Waals surface area contributed by atoms with Crippen LogP contribution in [0.15, 0.2) is 24.3 Å². The molecule has 2 rings (SSSR count). The Morgan fingerprint density at radius 3 is 2.80 bits per heavy atom. The van der Waals surface area contributed by atoms with Gasteiger partial charge in [-0.1, -0.05) is 19.1 Å². The topological polar surface area (TPSA) is 30.5 Å². The largest absolute Gasteiger partial charge is 0.491 e. The van der Waals surface area contributed by atoms with E-state index in [2.05, 4.69) is 43.4 Å². The molecule has 1 aromatic carbocycles. The third kappa shape index (κ3) is 5.14. The van der Waals surface area contributed by atoms with Crippen LogP contribution in [0, 0.1) is 0 Å². The Morgan fingerprint density at radius 1 is 1.35 bits per heavy atom. The van der Waals surface area contributed by atoms with Crippen LogP contribution in [0.1, 0.15) is 38.7 Å². The third-order valence-corrected chi connectivity index (χ3v) is 3.67. The second-order valence-electron chi connectivity index (χ2n) is 5.65. The molecule has 0 bridgehead atoms. The normalized spacial score (nSPS) is 20.0. The van der Waals surface area contributed by atoms with Gasteiger partial charge in [0.25, 0.3) is 0 Å². The molecule has 2 atom stereocenters. The molecule has 1 N–H and O–H groups in total. The first kappa shape index (κ1) is 15.3. The van der Waals surface area contributed by atoms with E-state index in [0.29, 0.717) is 12.6 Å². The van der Waals surface area contributed by atoms with Crippen LogP contribution in [0.25, 0.3) is 0 Å². The van der Waals surface area contributed by atoms with E-state index < -0.39 is 0 Å². The number of ether oxygens (including phenoxy) is 2. The Hall–Kier alpha value is -1.06. The molecule has 0 amide bonds. The lowest BCUT2D eigenvalue weighted by Crippen LogP contribution is -2.28. The lowest BCUT2D eigenvalue weighted by Gasteiger charge is -2.14. The fraction of sp³-hybridized carbons (Fsp3) is 0.647. The van der Waals surface area contributed by atoms with Crippen molar-refractivity contribution in [2.75, 3.05) is 19.8 Å². The second kappa shape index (κ2) is 8.28. The van der Waals surface area contributed by atoms with Gasteiger partial charge in [0.1, 0.15) is 12.4 Å². The molecule has 1 heterocycles. The van der Waals surface area contributed by atoms with E-state index >= 15 is 0 Å². The average Bonchev–Trinajstić information content (AvgIpc) is 2.98. The van der Waals surface area contributed by atoms with Crippen LogP contribution in [0.3, 0.4) is 0 Å². The monoisotopic (exact) mass is 277 g/mol.